The summed E-state index contributed by atoms with van der Waals surface area (Å²) in [6.45, 7) is 3.91. The van der Waals surface area contributed by atoms with Gasteiger partial charge in [-0.05, 0) is 43.6 Å². The molecule has 0 radical (unpaired) electrons. The van der Waals surface area contributed by atoms with Crippen molar-refractivity contribution in [3.8, 4) is 0 Å². The van der Waals surface area contributed by atoms with Crippen LogP contribution >= 0.6 is 11.6 Å². The minimum absolute atomic E-state index is 0.0414. The molecular weight excluding hydrogens is 226 g/mol. The average molecular weight is 238 g/mol. The van der Waals surface area contributed by atoms with Crippen LogP contribution in [-0.2, 0) is 0 Å². The van der Waals surface area contributed by atoms with Crippen LogP contribution in [0, 0.1) is 6.92 Å². The number of nitrogens with one attached hydrogen (secondary N) is 1. The Hall–Kier alpha value is -1.55. The Morgan fingerprint density at radius 1 is 1.38 bits per heavy atom. The molecule has 1 atom stereocenters. The van der Waals surface area contributed by atoms with E-state index in [0.29, 0.717) is 5.82 Å². The zero-order chi connectivity index (χ0) is 11.5. The van der Waals surface area contributed by atoms with Crippen LogP contribution < -0.4 is 5.32 Å². The molecule has 0 aliphatic rings. The number of nitrogens with zero attached hydrogens (tertiary/aromatic N) is 2. The number of hydrogen-bond acceptors (Lipinski definition) is 4. The van der Waals surface area contributed by atoms with Crippen LogP contribution in [0.1, 0.15) is 24.5 Å². The van der Waals surface area contributed by atoms with Crippen molar-refractivity contribution in [3.63, 3.8) is 0 Å². The van der Waals surface area contributed by atoms with E-state index in [1.807, 2.05) is 26.0 Å². The highest BCUT2D eigenvalue weighted by Gasteiger charge is 2.09. The van der Waals surface area contributed by atoms with E-state index in [1.165, 1.54) is 0 Å². The highest BCUT2D eigenvalue weighted by Crippen LogP contribution is 2.20. The third kappa shape index (κ3) is 2.52. The van der Waals surface area contributed by atoms with E-state index in [-0.39, 0.29) is 11.3 Å². The highest BCUT2D eigenvalue weighted by atomic mass is 35.5. The smallest absolute Gasteiger partial charge is 0.224 e. The Balaban J connectivity index is 2.10. The van der Waals surface area contributed by atoms with Gasteiger partial charge in [0.15, 0.2) is 0 Å². The number of hydrogen-bond donors (Lipinski definition) is 1. The van der Waals surface area contributed by atoms with Gasteiger partial charge < -0.3 is 9.73 Å². The van der Waals surface area contributed by atoms with Gasteiger partial charge in [-0.25, -0.2) is 9.97 Å². The number of halogens is 1. The summed E-state index contributed by atoms with van der Waals surface area (Å²) in [7, 11) is 0. The molecule has 16 heavy (non-hydrogen) atoms. The Labute approximate surface area is 98.7 Å². The van der Waals surface area contributed by atoms with E-state index in [4.69, 9.17) is 16.0 Å². The van der Waals surface area contributed by atoms with Gasteiger partial charge in [-0.3, -0.25) is 0 Å². The van der Waals surface area contributed by atoms with E-state index in [0.717, 1.165) is 11.5 Å². The quantitative estimate of drug-likeness (QED) is 0.833. The van der Waals surface area contributed by atoms with Crippen molar-refractivity contribution in [2.75, 3.05) is 5.32 Å². The molecule has 2 rings (SSSR count). The third-order valence-corrected chi connectivity index (χ3v) is 2.36. The van der Waals surface area contributed by atoms with E-state index in [1.54, 1.807) is 12.3 Å². The summed E-state index contributed by atoms with van der Waals surface area (Å²) in [5.41, 5.74) is 0. The summed E-state index contributed by atoms with van der Waals surface area (Å²) in [5, 5.41) is 3.41. The van der Waals surface area contributed by atoms with Crippen LogP contribution in [0.5, 0.6) is 0 Å². The molecule has 4 nitrogen and oxygen atoms in total. The molecular formula is C11H12ClN3O. The average Bonchev–Trinajstić information content (AvgIpc) is 2.65. The van der Waals surface area contributed by atoms with Gasteiger partial charge in [-0.15, -0.1) is 0 Å². The second-order valence-corrected chi connectivity index (χ2v) is 3.86. The molecule has 0 aliphatic carbocycles. The van der Waals surface area contributed by atoms with Crippen molar-refractivity contribution < 1.29 is 4.42 Å². The van der Waals surface area contributed by atoms with Gasteiger partial charge in [-0.2, -0.15) is 0 Å². The van der Waals surface area contributed by atoms with Gasteiger partial charge in [0.25, 0.3) is 0 Å². The largest absolute Gasteiger partial charge is 0.464 e. The lowest BCUT2D eigenvalue weighted by Gasteiger charge is -2.11. The topological polar surface area (TPSA) is 51.0 Å². The summed E-state index contributed by atoms with van der Waals surface area (Å²) >= 11 is 5.69. The van der Waals surface area contributed by atoms with Gasteiger partial charge in [0, 0.05) is 6.20 Å². The zero-order valence-corrected chi connectivity index (χ0v) is 9.82. The van der Waals surface area contributed by atoms with Gasteiger partial charge in [0.1, 0.15) is 17.3 Å². The van der Waals surface area contributed by atoms with Crippen LogP contribution in [-0.4, -0.2) is 9.97 Å². The maximum Gasteiger partial charge on any atom is 0.224 e. The summed E-state index contributed by atoms with van der Waals surface area (Å²) in [6, 6.07) is 5.67. The van der Waals surface area contributed by atoms with Crippen molar-refractivity contribution >= 4 is 17.4 Å². The van der Waals surface area contributed by atoms with E-state index >= 15 is 0 Å². The van der Waals surface area contributed by atoms with Crippen molar-refractivity contribution in [3.05, 3.63) is 41.2 Å². The molecule has 5 heteroatoms. The maximum atomic E-state index is 5.69. The van der Waals surface area contributed by atoms with Gasteiger partial charge >= 0.3 is 0 Å². The first-order valence-electron chi connectivity index (χ1n) is 4.96. The molecule has 0 spiro atoms. The highest BCUT2D eigenvalue weighted by molar-refractivity contribution is 6.28. The summed E-state index contributed by atoms with van der Waals surface area (Å²) in [6.07, 6.45) is 1.61. The Morgan fingerprint density at radius 2 is 2.19 bits per heavy atom. The molecule has 0 saturated heterocycles. The molecule has 0 fully saturated rings. The molecule has 1 unspecified atom stereocenters. The normalized spacial score (nSPS) is 12.4. The molecule has 2 heterocycles. The van der Waals surface area contributed by atoms with Crippen LogP contribution in [0.3, 0.4) is 0 Å². The first-order valence-corrected chi connectivity index (χ1v) is 5.34. The molecule has 0 aliphatic heterocycles. The summed E-state index contributed by atoms with van der Waals surface area (Å²) in [4.78, 5) is 7.86. The van der Waals surface area contributed by atoms with E-state index in [2.05, 4.69) is 15.3 Å². The maximum absolute atomic E-state index is 5.69. The second-order valence-electron chi connectivity index (χ2n) is 3.53. The molecule has 0 saturated carbocycles. The van der Waals surface area contributed by atoms with E-state index in [9.17, 15) is 0 Å². The molecule has 0 aromatic carbocycles. The first kappa shape index (κ1) is 11.0. The third-order valence-electron chi connectivity index (χ3n) is 2.18. The van der Waals surface area contributed by atoms with Gasteiger partial charge in [-0.1, -0.05) is 0 Å². The second kappa shape index (κ2) is 4.53. The van der Waals surface area contributed by atoms with Crippen LogP contribution in [0.25, 0.3) is 0 Å². The minimum atomic E-state index is 0.0414. The van der Waals surface area contributed by atoms with Gasteiger partial charge in [0.2, 0.25) is 5.28 Å². The predicted molar refractivity (Wildman–Crippen MR) is 62.5 cm³/mol. The fourth-order valence-electron chi connectivity index (χ4n) is 1.39. The molecule has 0 amide bonds. The predicted octanol–water partition coefficient (Wildman–Crippen LogP) is 3.20. The monoisotopic (exact) mass is 237 g/mol. The van der Waals surface area contributed by atoms with Crippen LogP contribution in [0.2, 0.25) is 5.28 Å². The lowest BCUT2D eigenvalue weighted by Crippen LogP contribution is -2.07. The lowest BCUT2D eigenvalue weighted by molar-refractivity contribution is 0.466. The fraction of sp³-hybridized carbons (Fsp3) is 0.273. The molecule has 2 aromatic heterocycles. The lowest BCUT2D eigenvalue weighted by atomic mass is 10.2. The number of aryl methyl sites for hydroxylation is 1. The number of aromatic nitrogens is 2. The Bertz CT molecular complexity index is 484. The SMILES string of the molecule is Cc1ccc(C(C)Nc2ccnc(Cl)n2)o1. The molecule has 2 aromatic rings. The van der Waals surface area contributed by atoms with Gasteiger partial charge in [0.05, 0.1) is 6.04 Å². The van der Waals surface area contributed by atoms with Crippen molar-refractivity contribution in [2.45, 2.75) is 19.9 Å². The first-order chi connectivity index (χ1) is 7.65. The summed E-state index contributed by atoms with van der Waals surface area (Å²) in [5.74, 6) is 2.44. The van der Waals surface area contributed by atoms with E-state index < -0.39 is 0 Å². The van der Waals surface area contributed by atoms with Crippen molar-refractivity contribution in [1.29, 1.82) is 0 Å². The van der Waals surface area contributed by atoms with Crippen molar-refractivity contribution in [2.24, 2.45) is 0 Å². The standard InChI is InChI=1S/C11H12ClN3O/c1-7-3-4-9(16-7)8(2)14-10-5-6-13-11(12)15-10/h3-6,8H,1-2H3,(H,13,14,15). The molecule has 84 valence electrons. The Kier molecular flexibility index (Phi) is 3.10. The van der Waals surface area contributed by atoms with Crippen molar-refractivity contribution in [1.82, 2.24) is 9.97 Å². The number of rotatable bonds is 3. The molecule has 1 N–H and O–H groups in total. The molecule has 0 bridgehead atoms. The Morgan fingerprint density at radius 3 is 2.81 bits per heavy atom. The summed E-state index contributed by atoms with van der Waals surface area (Å²) < 4.78 is 5.51. The minimum Gasteiger partial charge on any atom is -0.464 e. The van der Waals surface area contributed by atoms with Crippen LogP contribution in [0.15, 0.2) is 28.8 Å². The van der Waals surface area contributed by atoms with Crippen LogP contribution in [0.4, 0.5) is 5.82 Å². The zero-order valence-electron chi connectivity index (χ0n) is 9.07. The number of anilines is 1. The number of furan rings is 1. The fourth-order valence-corrected chi connectivity index (χ4v) is 1.54.